The molecular weight excluding hydrogens is 285 g/mol. The molecule has 118 valence electrons. The van der Waals surface area contributed by atoms with Crippen LogP contribution in [0.15, 0.2) is 24.3 Å². The zero-order valence-electron chi connectivity index (χ0n) is 11.7. The van der Waals surface area contributed by atoms with Crippen LogP contribution in [0.5, 0.6) is 5.75 Å². The standard InChI is InChI=1S/C14H19F3N2O2/c1-10(19-13(20)7-4-8-18)9-21-12-6-3-2-5-11(12)14(15,16)17/h2-3,5-6,10H,4,7-9,18H2,1H3,(H,19,20). The molecule has 0 spiro atoms. The van der Waals surface area contributed by atoms with Gasteiger partial charge in [-0.1, -0.05) is 12.1 Å². The van der Waals surface area contributed by atoms with Crippen LogP contribution < -0.4 is 15.8 Å². The summed E-state index contributed by atoms with van der Waals surface area (Å²) in [6.07, 6.45) is -3.61. The Morgan fingerprint density at radius 1 is 1.38 bits per heavy atom. The van der Waals surface area contributed by atoms with E-state index in [1.165, 1.54) is 18.2 Å². The highest BCUT2D eigenvalue weighted by Gasteiger charge is 2.34. The third-order valence-corrected chi connectivity index (χ3v) is 2.70. The molecule has 1 amide bonds. The van der Waals surface area contributed by atoms with Crippen LogP contribution >= 0.6 is 0 Å². The first-order valence-electron chi connectivity index (χ1n) is 6.63. The molecule has 0 bridgehead atoms. The van der Waals surface area contributed by atoms with Crippen LogP contribution in [0.4, 0.5) is 13.2 Å². The number of ether oxygens (including phenoxy) is 1. The highest BCUT2D eigenvalue weighted by atomic mass is 19.4. The van der Waals surface area contributed by atoms with Crippen molar-refractivity contribution >= 4 is 5.91 Å². The Bertz CT molecular complexity index is 464. The van der Waals surface area contributed by atoms with Crippen LogP contribution in [0.25, 0.3) is 0 Å². The molecular formula is C14H19F3N2O2. The van der Waals surface area contributed by atoms with Crippen molar-refractivity contribution in [2.45, 2.75) is 32.0 Å². The quantitative estimate of drug-likeness (QED) is 0.812. The third-order valence-electron chi connectivity index (χ3n) is 2.70. The number of nitrogens with one attached hydrogen (secondary N) is 1. The molecule has 4 nitrogen and oxygen atoms in total. The minimum atomic E-state index is -4.47. The second-order valence-electron chi connectivity index (χ2n) is 4.67. The fraction of sp³-hybridized carbons (Fsp3) is 0.500. The maximum atomic E-state index is 12.8. The Balaban J connectivity index is 2.54. The molecule has 7 heteroatoms. The number of hydrogen-bond donors (Lipinski definition) is 2. The van der Waals surface area contributed by atoms with Gasteiger partial charge < -0.3 is 15.8 Å². The molecule has 0 heterocycles. The van der Waals surface area contributed by atoms with Crippen molar-refractivity contribution in [1.82, 2.24) is 5.32 Å². The fourth-order valence-electron chi connectivity index (χ4n) is 1.69. The van der Waals surface area contributed by atoms with E-state index in [-0.39, 0.29) is 18.3 Å². The number of para-hydroxylation sites is 1. The molecule has 0 aliphatic heterocycles. The normalized spacial score (nSPS) is 12.8. The first kappa shape index (κ1) is 17.3. The highest BCUT2D eigenvalue weighted by molar-refractivity contribution is 5.76. The van der Waals surface area contributed by atoms with Crippen LogP contribution in [0.1, 0.15) is 25.3 Å². The molecule has 1 aromatic rings. The third kappa shape index (κ3) is 6.03. The van der Waals surface area contributed by atoms with E-state index in [2.05, 4.69) is 5.32 Å². The Hall–Kier alpha value is -1.76. The number of amides is 1. The summed E-state index contributed by atoms with van der Waals surface area (Å²) in [5.41, 5.74) is 4.46. The SMILES string of the molecule is CC(COc1ccccc1C(F)(F)F)NC(=O)CCCN. The van der Waals surface area contributed by atoms with Gasteiger partial charge in [-0.15, -0.1) is 0 Å². The molecule has 0 saturated carbocycles. The Kier molecular flexibility index (Phi) is 6.48. The summed E-state index contributed by atoms with van der Waals surface area (Å²) >= 11 is 0. The van der Waals surface area contributed by atoms with Crippen molar-refractivity contribution in [3.8, 4) is 5.75 Å². The predicted molar refractivity (Wildman–Crippen MR) is 72.8 cm³/mol. The summed E-state index contributed by atoms with van der Waals surface area (Å²) in [5.74, 6) is -0.436. The van der Waals surface area contributed by atoms with Crippen LogP contribution in [0.2, 0.25) is 0 Å². The zero-order valence-corrected chi connectivity index (χ0v) is 11.7. The van der Waals surface area contributed by atoms with Gasteiger partial charge in [0.2, 0.25) is 5.91 Å². The lowest BCUT2D eigenvalue weighted by molar-refractivity contribution is -0.139. The van der Waals surface area contributed by atoms with Gasteiger partial charge in [0, 0.05) is 6.42 Å². The minimum absolute atomic E-state index is 0.0402. The van der Waals surface area contributed by atoms with E-state index in [4.69, 9.17) is 10.5 Å². The van der Waals surface area contributed by atoms with Crippen LogP contribution in [0, 0.1) is 0 Å². The molecule has 0 radical (unpaired) electrons. The molecule has 0 fully saturated rings. The number of hydrogen-bond acceptors (Lipinski definition) is 3. The molecule has 1 unspecified atom stereocenters. The van der Waals surface area contributed by atoms with Crippen molar-refractivity contribution in [3.63, 3.8) is 0 Å². The lowest BCUT2D eigenvalue weighted by Gasteiger charge is -2.17. The maximum Gasteiger partial charge on any atom is 0.419 e. The summed E-state index contributed by atoms with van der Waals surface area (Å²) in [6, 6.07) is 4.59. The van der Waals surface area contributed by atoms with Gasteiger partial charge in [-0.25, -0.2) is 0 Å². The molecule has 0 aliphatic carbocycles. The average Bonchev–Trinajstić information content (AvgIpc) is 2.42. The number of rotatable bonds is 7. The summed E-state index contributed by atoms with van der Waals surface area (Å²) < 4.78 is 43.5. The highest BCUT2D eigenvalue weighted by Crippen LogP contribution is 2.35. The van der Waals surface area contributed by atoms with Gasteiger partial charge in [0.15, 0.2) is 0 Å². The molecule has 1 atom stereocenters. The van der Waals surface area contributed by atoms with Crippen molar-refractivity contribution < 1.29 is 22.7 Å². The van der Waals surface area contributed by atoms with Crippen molar-refractivity contribution in [1.29, 1.82) is 0 Å². The number of nitrogens with two attached hydrogens (primary N) is 1. The smallest absolute Gasteiger partial charge is 0.419 e. The van der Waals surface area contributed by atoms with E-state index in [0.29, 0.717) is 19.4 Å². The summed E-state index contributed by atoms with van der Waals surface area (Å²) in [7, 11) is 0. The van der Waals surface area contributed by atoms with E-state index >= 15 is 0 Å². The van der Waals surface area contributed by atoms with E-state index < -0.39 is 17.8 Å². The maximum absolute atomic E-state index is 12.8. The Morgan fingerprint density at radius 3 is 2.67 bits per heavy atom. The summed E-state index contributed by atoms with van der Waals surface area (Å²) in [6.45, 7) is 2.04. The minimum Gasteiger partial charge on any atom is -0.491 e. The van der Waals surface area contributed by atoms with Crippen molar-refractivity contribution in [2.24, 2.45) is 5.73 Å². The van der Waals surface area contributed by atoms with Crippen LogP contribution in [-0.2, 0) is 11.0 Å². The first-order chi connectivity index (χ1) is 9.84. The summed E-state index contributed by atoms with van der Waals surface area (Å²) in [4.78, 5) is 11.4. The molecule has 1 aromatic carbocycles. The summed E-state index contributed by atoms with van der Waals surface area (Å²) in [5, 5.41) is 2.64. The van der Waals surface area contributed by atoms with Crippen molar-refractivity contribution in [3.05, 3.63) is 29.8 Å². The van der Waals surface area contributed by atoms with Crippen LogP contribution in [0.3, 0.4) is 0 Å². The van der Waals surface area contributed by atoms with Gasteiger partial charge in [0.05, 0.1) is 11.6 Å². The second-order valence-corrected chi connectivity index (χ2v) is 4.67. The van der Waals surface area contributed by atoms with Gasteiger partial charge in [0.1, 0.15) is 12.4 Å². The van der Waals surface area contributed by atoms with E-state index in [9.17, 15) is 18.0 Å². The lowest BCUT2D eigenvalue weighted by Crippen LogP contribution is -2.37. The number of benzene rings is 1. The first-order valence-corrected chi connectivity index (χ1v) is 6.63. The van der Waals surface area contributed by atoms with E-state index in [1.54, 1.807) is 6.92 Å². The Labute approximate surface area is 121 Å². The number of carbonyl (C=O) groups is 1. The fourth-order valence-corrected chi connectivity index (χ4v) is 1.69. The lowest BCUT2D eigenvalue weighted by atomic mass is 10.2. The molecule has 0 saturated heterocycles. The van der Waals surface area contributed by atoms with E-state index in [0.717, 1.165) is 6.07 Å². The van der Waals surface area contributed by atoms with Crippen molar-refractivity contribution in [2.75, 3.05) is 13.2 Å². The Morgan fingerprint density at radius 2 is 2.05 bits per heavy atom. The monoisotopic (exact) mass is 304 g/mol. The number of halogens is 3. The van der Waals surface area contributed by atoms with Gasteiger partial charge >= 0.3 is 6.18 Å². The average molecular weight is 304 g/mol. The van der Waals surface area contributed by atoms with Gasteiger partial charge in [0.25, 0.3) is 0 Å². The topological polar surface area (TPSA) is 64.3 Å². The molecule has 0 aliphatic rings. The molecule has 3 N–H and O–H groups in total. The predicted octanol–water partition coefficient (Wildman–Crippen LogP) is 2.33. The van der Waals surface area contributed by atoms with Gasteiger partial charge in [-0.2, -0.15) is 13.2 Å². The molecule has 1 rings (SSSR count). The number of carbonyl (C=O) groups excluding carboxylic acids is 1. The largest absolute Gasteiger partial charge is 0.491 e. The molecule has 21 heavy (non-hydrogen) atoms. The molecule has 0 aromatic heterocycles. The zero-order chi connectivity index (χ0) is 15.9. The van der Waals surface area contributed by atoms with Crippen LogP contribution in [-0.4, -0.2) is 25.1 Å². The second kappa shape index (κ2) is 7.87. The van der Waals surface area contributed by atoms with E-state index in [1.807, 2.05) is 0 Å². The van der Waals surface area contributed by atoms with Gasteiger partial charge in [-0.3, -0.25) is 4.79 Å². The number of alkyl halides is 3. The van der Waals surface area contributed by atoms with Gasteiger partial charge in [-0.05, 0) is 32.0 Å².